The quantitative estimate of drug-likeness (QED) is 0.692. The Kier molecular flexibility index (Phi) is 3.94. The minimum atomic E-state index is -1.63. The van der Waals surface area contributed by atoms with Crippen LogP contribution in [-0.4, -0.2) is 12.2 Å². The molecular formula is C14H10F4O2. The Morgan fingerprint density at radius 1 is 1.00 bits per heavy atom. The molecule has 0 aliphatic carbocycles. The number of aliphatic hydroxyl groups excluding tert-OH is 1. The topological polar surface area (TPSA) is 29.5 Å². The maximum Gasteiger partial charge on any atom is 0.194 e. The number of benzene rings is 2. The molecule has 2 nitrogen and oxygen atoms in total. The van der Waals surface area contributed by atoms with Crippen molar-refractivity contribution < 1.29 is 27.4 Å². The summed E-state index contributed by atoms with van der Waals surface area (Å²) < 4.78 is 57.3. The summed E-state index contributed by atoms with van der Waals surface area (Å²) in [5.74, 6) is -5.01. The molecule has 106 valence electrons. The van der Waals surface area contributed by atoms with E-state index in [0.717, 1.165) is 12.1 Å². The van der Waals surface area contributed by atoms with E-state index in [0.29, 0.717) is 12.1 Å². The molecule has 0 radical (unpaired) electrons. The molecule has 0 aromatic heterocycles. The molecule has 6 heteroatoms. The average molecular weight is 286 g/mol. The van der Waals surface area contributed by atoms with Gasteiger partial charge in [-0.05, 0) is 35.9 Å². The third kappa shape index (κ3) is 2.60. The second-order valence-electron chi connectivity index (χ2n) is 4.09. The zero-order chi connectivity index (χ0) is 14.9. The fourth-order valence-electron chi connectivity index (χ4n) is 1.83. The van der Waals surface area contributed by atoms with E-state index in [1.807, 2.05) is 0 Å². The van der Waals surface area contributed by atoms with Crippen molar-refractivity contribution in [3.05, 3.63) is 64.7 Å². The molecule has 2 aromatic rings. The fraction of sp³-hybridized carbons (Fsp3) is 0.143. The molecule has 1 N–H and O–H groups in total. The molecule has 0 aliphatic heterocycles. The summed E-state index contributed by atoms with van der Waals surface area (Å²) in [6.45, 7) is 0. The Hall–Kier alpha value is -2.08. The van der Waals surface area contributed by atoms with Crippen molar-refractivity contribution in [2.45, 2.75) is 6.10 Å². The van der Waals surface area contributed by atoms with Gasteiger partial charge in [0.05, 0.1) is 7.11 Å². The Balaban J connectivity index is 2.51. The monoisotopic (exact) mass is 286 g/mol. The number of halogens is 4. The zero-order valence-electron chi connectivity index (χ0n) is 10.3. The second-order valence-corrected chi connectivity index (χ2v) is 4.09. The molecule has 0 fully saturated rings. The number of hydrogen-bond acceptors (Lipinski definition) is 2. The van der Waals surface area contributed by atoms with Crippen LogP contribution in [0.4, 0.5) is 17.6 Å². The van der Waals surface area contributed by atoms with Gasteiger partial charge in [0.2, 0.25) is 0 Å². The molecule has 2 aromatic carbocycles. The number of methoxy groups -OCH3 is 1. The molecule has 0 amide bonds. The highest BCUT2D eigenvalue weighted by molar-refractivity contribution is 5.41. The van der Waals surface area contributed by atoms with Gasteiger partial charge >= 0.3 is 0 Å². The molecule has 0 spiro atoms. The first-order valence-corrected chi connectivity index (χ1v) is 5.60. The van der Waals surface area contributed by atoms with Gasteiger partial charge in [-0.15, -0.1) is 0 Å². The summed E-state index contributed by atoms with van der Waals surface area (Å²) in [4.78, 5) is 0. The lowest BCUT2D eigenvalue weighted by atomic mass is 10.00. The van der Waals surface area contributed by atoms with Crippen LogP contribution in [0.1, 0.15) is 17.2 Å². The van der Waals surface area contributed by atoms with Crippen LogP contribution in [0.25, 0.3) is 0 Å². The largest absolute Gasteiger partial charge is 0.496 e. The summed E-state index contributed by atoms with van der Waals surface area (Å²) in [6, 6.07) is 4.65. The van der Waals surface area contributed by atoms with E-state index in [-0.39, 0.29) is 16.9 Å². The summed E-state index contributed by atoms with van der Waals surface area (Å²) in [5, 5.41) is 10.1. The van der Waals surface area contributed by atoms with Gasteiger partial charge in [0.1, 0.15) is 17.7 Å². The number of ether oxygens (including phenoxy) is 1. The Morgan fingerprint density at radius 3 is 2.15 bits per heavy atom. The molecule has 0 saturated carbocycles. The third-order valence-corrected chi connectivity index (χ3v) is 2.81. The number of rotatable bonds is 3. The standard InChI is InChI=1S/C14H10F4O2/c1-20-12-3-2-8(15)6-9(12)14(19)7-4-10(16)13(18)11(17)5-7/h2-6,14,19H,1H3. The van der Waals surface area contributed by atoms with Gasteiger partial charge in [0.15, 0.2) is 17.5 Å². The summed E-state index contributed by atoms with van der Waals surface area (Å²) in [5.41, 5.74) is -0.261. The lowest BCUT2D eigenvalue weighted by molar-refractivity contribution is 0.212. The van der Waals surface area contributed by atoms with Gasteiger partial charge in [-0.1, -0.05) is 0 Å². The van der Waals surface area contributed by atoms with Crippen LogP contribution < -0.4 is 4.74 Å². The number of hydrogen-bond donors (Lipinski definition) is 1. The van der Waals surface area contributed by atoms with Gasteiger partial charge < -0.3 is 9.84 Å². The van der Waals surface area contributed by atoms with E-state index < -0.39 is 29.4 Å². The fourth-order valence-corrected chi connectivity index (χ4v) is 1.83. The lowest BCUT2D eigenvalue weighted by Crippen LogP contribution is -2.05. The first-order valence-electron chi connectivity index (χ1n) is 5.60. The molecule has 0 saturated heterocycles. The predicted octanol–water partition coefficient (Wildman–Crippen LogP) is 3.33. The van der Waals surface area contributed by atoms with Crippen LogP contribution in [0, 0.1) is 23.3 Å². The molecule has 1 atom stereocenters. The molecule has 0 heterocycles. The lowest BCUT2D eigenvalue weighted by Gasteiger charge is -2.15. The maximum atomic E-state index is 13.2. The summed E-state index contributed by atoms with van der Waals surface area (Å²) in [6.07, 6.45) is -1.55. The van der Waals surface area contributed by atoms with E-state index in [2.05, 4.69) is 0 Å². The van der Waals surface area contributed by atoms with Gasteiger partial charge in [-0.2, -0.15) is 0 Å². The van der Waals surface area contributed by atoms with Crippen LogP contribution in [0.3, 0.4) is 0 Å². The SMILES string of the molecule is COc1ccc(F)cc1C(O)c1cc(F)c(F)c(F)c1. The summed E-state index contributed by atoms with van der Waals surface area (Å²) >= 11 is 0. The highest BCUT2D eigenvalue weighted by Crippen LogP contribution is 2.31. The van der Waals surface area contributed by atoms with Crippen molar-refractivity contribution in [2.24, 2.45) is 0 Å². The van der Waals surface area contributed by atoms with Crippen molar-refractivity contribution in [2.75, 3.05) is 7.11 Å². The Labute approximate surface area is 112 Å². The molecule has 20 heavy (non-hydrogen) atoms. The van der Waals surface area contributed by atoms with Crippen LogP contribution in [0.15, 0.2) is 30.3 Å². The minimum absolute atomic E-state index is 0.0158. The normalized spacial score (nSPS) is 12.3. The van der Waals surface area contributed by atoms with E-state index in [1.165, 1.54) is 13.2 Å². The van der Waals surface area contributed by atoms with E-state index in [9.17, 15) is 22.7 Å². The van der Waals surface area contributed by atoms with Crippen molar-refractivity contribution >= 4 is 0 Å². The van der Waals surface area contributed by atoms with Gasteiger partial charge in [-0.25, -0.2) is 17.6 Å². The number of aliphatic hydroxyl groups is 1. The highest BCUT2D eigenvalue weighted by Gasteiger charge is 2.20. The molecule has 0 bridgehead atoms. The zero-order valence-corrected chi connectivity index (χ0v) is 10.3. The molecular weight excluding hydrogens is 276 g/mol. The molecule has 2 rings (SSSR count). The van der Waals surface area contributed by atoms with Crippen LogP contribution in [0.2, 0.25) is 0 Å². The van der Waals surface area contributed by atoms with Crippen LogP contribution in [0.5, 0.6) is 5.75 Å². The van der Waals surface area contributed by atoms with Gasteiger partial charge in [0, 0.05) is 5.56 Å². The van der Waals surface area contributed by atoms with E-state index >= 15 is 0 Å². The Morgan fingerprint density at radius 2 is 1.60 bits per heavy atom. The average Bonchev–Trinajstić information content (AvgIpc) is 2.43. The predicted molar refractivity (Wildman–Crippen MR) is 63.3 cm³/mol. The Bertz CT molecular complexity index is 620. The molecule has 0 aliphatic rings. The summed E-state index contributed by atoms with van der Waals surface area (Å²) in [7, 11) is 1.30. The second kappa shape index (κ2) is 5.50. The van der Waals surface area contributed by atoms with Crippen molar-refractivity contribution in [3.8, 4) is 5.75 Å². The van der Waals surface area contributed by atoms with E-state index in [4.69, 9.17) is 4.74 Å². The van der Waals surface area contributed by atoms with E-state index in [1.54, 1.807) is 0 Å². The van der Waals surface area contributed by atoms with Crippen molar-refractivity contribution in [3.63, 3.8) is 0 Å². The van der Waals surface area contributed by atoms with Crippen LogP contribution >= 0.6 is 0 Å². The van der Waals surface area contributed by atoms with Crippen molar-refractivity contribution in [1.82, 2.24) is 0 Å². The van der Waals surface area contributed by atoms with Crippen molar-refractivity contribution in [1.29, 1.82) is 0 Å². The van der Waals surface area contributed by atoms with Gasteiger partial charge in [0.25, 0.3) is 0 Å². The minimum Gasteiger partial charge on any atom is -0.496 e. The first-order chi connectivity index (χ1) is 9.43. The van der Waals surface area contributed by atoms with Crippen LogP contribution in [-0.2, 0) is 0 Å². The highest BCUT2D eigenvalue weighted by atomic mass is 19.2. The van der Waals surface area contributed by atoms with Gasteiger partial charge in [-0.3, -0.25) is 0 Å². The first kappa shape index (κ1) is 14.3. The third-order valence-electron chi connectivity index (χ3n) is 2.81. The smallest absolute Gasteiger partial charge is 0.194 e. The molecule has 1 unspecified atom stereocenters. The maximum absolute atomic E-state index is 13.2.